The van der Waals surface area contributed by atoms with Crippen LogP contribution < -0.4 is 5.19 Å². The fraction of sp³-hybridized carbons (Fsp3) is 0.333. The second-order valence-electron chi connectivity index (χ2n) is 5.72. The summed E-state index contributed by atoms with van der Waals surface area (Å²) in [7, 11) is 0.910. The van der Waals surface area contributed by atoms with E-state index in [1.54, 1.807) is 21.9 Å². The third kappa shape index (κ3) is 5.81. The molecule has 0 saturated carbocycles. The van der Waals surface area contributed by atoms with E-state index in [2.05, 4.69) is 44.2 Å². The molecule has 0 nitrogen and oxygen atoms in total. The fourth-order valence-corrected chi connectivity index (χ4v) is 4.29. The zero-order valence-corrected chi connectivity index (χ0v) is 18.0. The predicted molar refractivity (Wildman–Crippen MR) is 103 cm³/mol. The van der Waals surface area contributed by atoms with Crippen LogP contribution in [0.25, 0.3) is 0 Å². The predicted octanol–water partition coefficient (Wildman–Crippen LogP) is 4.78. The van der Waals surface area contributed by atoms with Crippen LogP contribution in [0.1, 0.15) is 40.7 Å². The maximum Gasteiger partial charge on any atom is 4.00 e. The van der Waals surface area contributed by atoms with E-state index in [0.29, 0.717) is 0 Å². The van der Waals surface area contributed by atoms with Crippen LogP contribution in [0.2, 0.25) is 0 Å². The van der Waals surface area contributed by atoms with E-state index in [-0.39, 0.29) is 44.0 Å². The number of benzene rings is 1. The molecule has 0 bridgehead atoms. The van der Waals surface area contributed by atoms with Gasteiger partial charge >= 0.3 is 21.7 Å². The minimum atomic E-state index is 0. The molecule has 0 spiro atoms. The standard InChI is InChI=1S/C18H21Si.3CH3.Ti/c1-13-6-5-9-18(14(13)2)19-12-15-10-16-7-3-4-8-17(16)11-15;;;;/h5-6,9-11H,3-4,7-8,12H2,1-2H3;3*1H3;/q4*-1;+4. The molecule has 2 aromatic carbocycles. The molecule has 1 aliphatic carbocycles. The summed E-state index contributed by atoms with van der Waals surface area (Å²) < 4.78 is 0. The van der Waals surface area contributed by atoms with Gasteiger partial charge in [-0.15, -0.1) is 0 Å². The van der Waals surface area contributed by atoms with E-state index in [4.69, 9.17) is 0 Å². The van der Waals surface area contributed by atoms with Crippen molar-refractivity contribution in [2.45, 2.75) is 45.6 Å². The van der Waals surface area contributed by atoms with Gasteiger partial charge in [-0.05, 0) is 25.0 Å². The van der Waals surface area contributed by atoms with Gasteiger partial charge < -0.3 is 22.3 Å². The first-order chi connectivity index (χ1) is 9.24. The second-order valence-corrected chi connectivity index (χ2v) is 6.97. The Morgan fingerprint density at radius 2 is 1.74 bits per heavy atom. The van der Waals surface area contributed by atoms with E-state index >= 15 is 0 Å². The monoisotopic (exact) mass is 358 g/mol. The zero-order chi connectivity index (χ0) is 13.2. The Kier molecular flexibility index (Phi) is 12.0. The maximum absolute atomic E-state index is 2.46. The minimum Gasteiger partial charge on any atom is -0.358 e. The third-order valence-electron chi connectivity index (χ3n) is 4.36. The zero-order valence-electron chi connectivity index (χ0n) is 15.4. The quantitative estimate of drug-likeness (QED) is 0.547. The molecule has 2 aromatic rings. The van der Waals surface area contributed by atoms with Crippen LogP contribution in [-0.4, -0.2) is 9.52 Å². The van der Waals surface area contributed by atoms with Crippen LogP contribution in [0, 0.1) is 36.1 Å². The van der Waals surface area contributed by atoms with Gasteiger partial charge in [0.15, 0.2) is 0 Å². The summed E-state index contributed by atoms with van der Waals surface area (Å²) in [5, 5.41) is 1.54. The van der Waals surface area contributed by atoms with Gasteiger partial charge in [0.2, 0.25) is 0 Å². The van der Waals surface area contributed by atoms with E-state index in [9.17, 15) is 0 Å². The summed E-state index contributed by atoms with van der Waals surface area (Å²) in [5.74, 6) is 0. The Hall–Kier alpha value is -0.499. The summed E-state index contributed by atoms with van der Waals surface area (Å²) in [4.78, 5) is 0. The molecule has 122 valence electrons. The van der Waals surface area contributed by atoms with Crippen molar-refractivity contribution in [3.8, 4) is 0 Å². The van der Waals surface area contributed by atoms with Crippen molar-refractivity contribution < 1.29 is 21.7 Å². The van der Waals surface area contributed by atoms with Crippen LogP contribution in [0.3, 0.4) is 0 Å². The van der Waals surface area contributed by atoms with E-state index in [0.717, 1.165) is 9.52 Å². The van der Waals surface area contributed by atoms with E-state index in [1.165, 1.54) is 42.9 Å². The molecule has 0 heterocycles. The van der Waals surface area contributed by atoms with Gasteiger partial charge in [-0.3, -0.25) is 0 Å². The number of hydrogen-bond acceptors (Lipinski definition) is 0. The Labute approximate surface area is 162 Å². The fourth-order valence-electron chi connectivity index (χ4n) is 3.01. The largest absolute Gasteiger partial charge is 4.00 e. The maximum atomic E-state index is 2.46. The normalized spacial score (nSPS) is 11.9. The molecule has 0 fully saturated rings. The van der Waals surface area contributed by atoms with Gasteiger partial charge in [-0.25, -0.2) is 6.07 Å². The average molecular weight is 358 g/mol. The number of hydrogen-bond donors (Lipinski definition) is 0. The number of fused-ring (bicyclic) bond motifs is 1. The van der Waals surface area contributed by atoms with Crippen LogP contribution in [0.15, 0.2) is 30.3 Å². The number of rotatable bonds is 3. The first kappa shape index (κ1) is 24.7. The van der Waals surface area contributed by atoms with Crippen LogP contribution in [-0.2, 0) is 40.6 Å². The van der Waals surface area contributed by atoms with Gasteiger partial charge in [0, 0.05) is 0 Å². The first-order valence-corrected chi connectivity index (χ1v) is 8.52. The molecule has 0 aliphatic heterocycles. The Bertz CT molecular complexity index is 560. The Balaban J connectivity index is 0. The van der Waals surface area contributed by atoms with Crippen molar-refractivity contribution in [2.24, 2.45) is 0 Å². The molecule has 0 amide bonds. The van der Waals surface area contributed by atoms with Crippen LogP contribution in [0.5, 0.6) is 0 Å². The SMILES string of the molecule is Cc1cccc([Si]Cc2cc3c([cH-]2)CCCC3)c1C.[CH3-].[CH3-].[CH3-].[Ti+4]. The smallest absolute Gasteiger partial charge is 0.358 e. The van der Waals surface area contributed by atoms with Crippen LogP contribution >= 0.6 is 0 Å². The van der Waals surface area contributed by atoms with Crippen molar-refractivity contribution in [3.05, 3.63) is 80.4 Å². The van der Waals surface area contributed by atoms with Crippen molar-refractivity contribution in [2.75, 3.05) is 0 Å². The molecule has 0 saturated heterocycles. The Morgan fingerprint density at radius 3 is 2.43 bits per heavy atom. The van der Waals surface area contributed by atoms with Gasteiger partial charge in [-0.1, -0.05) is 55.1 Å². The molecular weight excluding hydrogens is 328 g/mol. The van der Waals surface area contributed by atoms with Gasteiger partial charge in [0.1, 0.15) is 0 Å². The van der Waals surface area contributed by atoms with Crippen molar-refractivity contribution >= 4 is 14.7 Å². The molecule has 2 radical (unpaired) electrons. The first-order valence-electron chi connectivity index (χ1n) is 7.31. The molecule has 0 N–H and O–H groups in total. The van der Waals surface area contributed by atoms with Gasteiger partial charge in [0.25, 0.3) is 0 Å². The topological polar surface area (TPSA) is 0 Å². The summed E-state index contributed by atoms with van der Waals surface area (Å²) in [6.07, 6.45) is 5.38. The molecule has 0 atom stereocenters. The molecule has 23 heavy (non-hydrogen) atoms. The van der Waals surface area contributed by atoms with E-state index in [1.807, 2.05) is 0 Å². The minimum absolute atomic E-state index is 0. The molecule has 1 aliphatic rings. The molecule has 0 unspecified atom stereocenters. The summed E-state index contributed by atoms with van der Waals surface area (Å²) >= 11 is 0. The molecule has 0 aromatic heterocycles. The van der Waals surface area contributed by atoms with Crippen LogP contribution in [0.4, 0.5) is 0 Å². The molecular formula is C21H30SiTi. The van der Waals surface area contributed by atoms with E-state index < -0.39 is 0 Å². The van der Waals surface area contributed by atoms with Crippen molar-refractivity contribution in [1.29, 1.82) is 0 Å². The molecule has 2 heteroatoms. The average Bonchev–Trinajstić information content (AvgIpc) is 2.83. The third-order valence-corrected chi connectivity index (χ3v) is 5.87. The van der Waals surface area contributed by atoms with Gasteiger partial charge in [-0.2, -0.15) is 22.8 Å². The van der Waals surface area contributed by atoms with Gasteiger partial charge in [0.05, 0.1) is 9.52 Å². The Morgan fingerprint density at radius 1 is 1.04 bits per heavy atom. The summed E-state index contributed by atoms with van der Waals surface area (Å²) in [5.41, 5.74) is 7.73. The summed E-state index contributed by atoms with van der Waals surface area (Å²) in [6, 6.07) is 12.9. The molecule has 3 rings (SSSR count). The van der Waals surface area contributed by atoms with Crippen molar-refractivity contribution in [1.82, 2.24) is 0 Å². The second kappa shape index (κ2) is 11.1. The number of aryl methyl sites for hydroxylation is 3. The summed E-state index contributed by atoms with van der Waals surface area (Å²) in [6.45, 7) is 4.47. The van der Waals surface area contributed by atoms with Crippen molar-refractivity contribution in [3.63, 3.8) is 0 Å².